The number of hydrogen-bond donors (Lipinski definition) is 2. The zero-order valence-electron chi connectivity index (χ0n) is 16.0. The van der Waals surface area contributed by atoms with Gasteiger partial charge >= 0.3 is 0 Å². The molecule has 152 valence electrons. The number of aromatic nitrogens is 2. The summed E-state index contributed by atoms with van der Waals surface area (Å²) in [5.74, 6) is 1.18. The van der Waals surface area contributed by atoms with Crippen molar-refractivity contribution in [2.75, 3.05) is 12.4 Å². The molecule has 0 amide bonds. The first-order valence-electron chi connectivity index (χ1n) is 9.51. The van der Waals surface area contributed by atoms with E-state index in [1.807, 2.05) is 12.1 Å². The first-order chi connectivity index (χ1) is 14.0. The van der Waals surface area contributed by atoms with Crippen LogP contribution in [0.3, 0.4) is 0 Å². The Morgan fingerprint density at radius 2 is 1.93 bits per heavy atom. The van der Waals surface area contributed by atoms with E-state index < -0.39 is 5.82 Å². The highest BCUT2D eigenvalue weighted by molar-refractivity contribution is 6.31. The molecule has 0 atom stereocenters. The Morgan fingerprint density at radius 1 is 1.14 bits per heavy atom. The van der Waals surface area contributed by atoms with Crippen LogP contribution in [0.5, 0.6) is 11.5 Å². The Hall–Kier alpha value is -2.64. The van der Waals surface area contributed by atoms with Crippen molar-refractivity contribution < 1.29 is 13.9 Å². The minimum absolute atomic E-state index is 0.0305. The summed E-state index contributed by atoms with van der Waals surface area (Å²) in [6.07, 6.45) is 5.63. The summed E-state index contributed by atoms with van der Waals surface area (Å²) in [5, 5.41) is 3.89. The fourth-order valence-electron chi connectivity index (χ4n) is 3.44. The normalized spacial score (nSPS) is 19.2. The molecular weight excluding hydrogens is 395 g/mol. The summed E-state index contributed by atoms with van der Waals surface area (Å²) in [4.78, 5) is 8.85. The van der Waals surface area contributed by atoms with E-state index in [-0.39, 0.29) is 17.2 Å². The number of nitrogens with zero attached hydrogens (tertiary/aromatic N) is 2. The molecule has 3 N–H and O–H groups in total. The zero-order valence-corrected chi connectivity index (χ0v) is 16.7. The van der Waals surface area contributed by atoms with E-state index in [0.717, 1.165) is 31.1 Å². The lowest BCUT2D eigenvalue weighted by Gasteiger charge is -2.27. The average molecular weight is 417 g/mol. The molecule has 0 radical (unpaired) electrons. The van der Waals surface area contributed by atoms with E-state index in [4.69, 9.17) is 26.8 Å². The number of fused-ring (bicyclic) bond motifs is 1. The van der Waals surface area contributed by atoms with Gasteiger partial charge in [0, 0.05) is 29.4 Å². The highest BCUT2D eigenvalue weighted by Crippen LogP contribution is 2.34. The standard InChI is InChI=1S/C21H22ClFN4O2/c1-28-19-10-18-12(8-20(19)29-15-5-2-13(24)3-6-15)11-25-21(27-18)26-14-4-7-17(23)16(22)9-14/h4,7-11,13,15H,2-3,5-6,24H2,1H3,(H,25,26,27). The molecule has 1 aromatic heterocycles. The number of anilines is 2. The van der Waals surface area contributed by atoms with E-state index in [1.54, 1.807) is 19.4 Å². The zero-order chi connectivity index (χ0) is 20.4. The minimum atomic E-state index is -0.478. The molecule has 4 rings (SSSR count). The fourth-order valence-corrected chi connectivity index (χ4v) is 3.62. The third-order valence-electron chi connectivity index (χ3n) is 5.05. The quantitative estimate of drug-likeness (QED) is 0.620. The van der Waals surface area contributed by atoms with E-state index in [2.05, 4.69) is 15.3 Å². The molecule has 29 heavy (non-hydrogen) atoms. The number of nitrogens with one attached hydrogen (secondary N) is 1. The number of rotatable bonds is 5. The molecule has 8 heteroatoms. The van der Waals surface area contributed by atoms with Crippen molar-refractivity contribution >= 4 is 34.1 Å². The van der Waals surface area contributed by atoms with Crippen LogP contribution >= 0.6 is 11.6 Å². The second-order valence-electron chi connectivity index (χ2n) is 7.16. The molecule has 1 heterocycles. The highest BCUT2D eigenvalue weighted by Gasteiger charge is 2.21. The lowest BCUT2D eigenvalue weighted by molar-refractivity contribution is 0.142. The van der Waals surface area contributed by atoms with Gasteiger partial charge in [0.1, 0.15) is 5.82 Å². The van der Waals surface area contributed by atoms with Crippen LogP contribution in [0.1, 0.15) is 25.7 Å². The Balaban J connectivity index is 1.57. The number of ether oxygens (including phenoxy) is 2. The summed E-state index contributed by atoms with van der Waals surface area (Å²) in [6.45, 7) is 0. The predicted octanol–water partition coefficient (Wildman–Crippen LogP) is 4.82. The Labute approximate surface area is 173 Å². The summed E-state index contributed by atoms with van der Waals surface area (Å²) < 4.78 is 25.0. The molecule has 3 aromatic rings. The molecule has 0 unspecified atom stereocenters. The van der Waals surface area contributed by atoms with Crippen LogP contribution in [-0.4, -0.2) is 29.2 Å². The van der Waals surface area contributed by atoms with Crippen molar-refractivity contribution in [2.45, 2.75) is 37.8 Å². The van der Waals surface area contributed by atoms with Crippen LogP contribution in [0, 0.1) is 5.82 Å². The van der Waals surface area contributed by atoms with Gasteiger partial charge in [-0.15, -0.1) is 0 Å². The molecule has 0 spiro atoms. The monoisotopic (exact) mass is 416 g/mol. The summed E-state index contributed by atoms with van der Waals surface area (Å²) in [6, 6.07) is 8.32. The first-order valence-corrected chi connectivity index (χ1v) is 9.88. The fraction of sp³-hybridized carbons (Fsp3) is 0.333. The maximum atomic E-state index is 13.3. The van der Waals surface area contributed by atoms with Crippen molar-refractivity contribution in [1.29, 1.82) is 0 Å². The van der Waals surface area contributed by atoms with Gasteiger partial charge in [0.05, 0.1) is 23.8 Å². The molecule has 1 saturated carbocycles. The second-order valence-corrected chi connectivity index (χ2v) is 7.57. The van der Waals surface area contributed by atoms with Gasteiger partial charge in [-0.2, -0.15) is 0 Å². The van der Waals surface area contributed by atoms with Gasteiger partial charge in [0.2, 0.25) is 5.95 Å². The van der Waals surface area contributed by atoms with Gasteiger partial charge in [-0.05, 0) is 49.9 Å². The van der Waals surface area contributed by atoms with Crippen LogP contribution in [-0.2, 0) is 0 Å². The molecule has 1 aliphatic carbocycles. The molecule has 0 saturated heterocycles. The SMILES string of the molecule is COc1cc2nc(Nc3ccc(F)c(Cl)c3)ncc2cc1OC1CCC(N)CC1. The largest absolute Gasteiger partial charge is 0.493 e. The molecular formula is C21H22ClFN4O2. The highest BCUT2D eigenvalue weighted by atomic mass is 35.5. The van der Waals surface area contributed by atoms with Crippen molar-refractivity contribution in [3.63, 3.8) is 0 Å². The van der Waals surface area contributed by atoms with Gasteiger partial charge in [-0.1, -0.05) is 11.6 Å². The van der Waals surface area contributed by atoms with Gasteiger partial charge in [-0.3, -0.25) is 0 Å². The summed E-state index contributed by atoms with van der Waals surface area (Å²) in [5.41, 5.74) is 7.27. The van der Waals surface area contributed by atoms with Gasteiger partial charge in [0.15, 0.2) is 11.5 Å². The molecule has 2 aromatic carbocycles. The number of benzene rings is 2. The van der Waals surface area contributed by atoms with Crippen molar-refractivity contribution in [2.24, 2.45) is 5.73 Å². The van der Waals surface area contributed by atoms with Gasteiger partial charge in [0.25, 0.3) is 0 Å². The minimum Gasteiger partial charge on any atom is -0.493 e. The second kappa shape index (κ2) is 8.39. The lowest BCUT2D eigenvalue weighted by Crippen LogP contribution is -2.31. The van der Waals surface area contributed by atoms with E-state index in [9.17, 15) is 4.39 Å². The number of halogens is 2. The number of hydrogen-bond acceptors (Lipinski definition) is 6. The average Bonchev–Trinajstić information content (AvgIpc) is 2.72. The van der Waals surface area contributed by atoms with Gasteiger partial charge < -0.3 is 20.5 Å². The van der Waals surface area contributed by atoms with E-state index >= 15 is 0 Å². The molecule has 1 aliphatic rings. The van der Waals surface area contributed by atoms with E-state index in [1.165, 1.54) is 12.1 Å². The topological polar surface area (TPSA) is 82.3 Å². The summed E-state index contributed by atoms with van der Waals surface area (Å²) >= 11 is 5.83. The summed E-state index contributed by atoms with van der Waals surface area (Å²) in [7, 11) is 1.60. The lowest BCUT2D eigenvalue weighted by atomic mass is 9.94. The number of methoxy groups -OCH3 is 1. The van der Waals surface area contributed by atoms with Crippen LogP contribution in [0.15, 0.2) is 36.5 Å². The smallest absolute Gasteiger partial charge is 0.227 e. The molecule has 0 bridgehead atoms. The van der Waals surface area contributed by atoms with Crippen LogP contribution in [0.25, 0.3) is 10.9 Å². The van der Waals surface area contributed by atoms with Crippen molar-refractivity contribution in [3.8, 4) is 11.5 Å². The maximum absolute atomic E-state index is 13.3. The van der Waals surface area contributed by atoms with Crippen LogP contribution in [0.2, 0.25) is 5.02 Å². The third-order valence-corrected chi connectivity index (χ3v) is 5.34. The Kier molecular flexibility index (Phi) is 5.69. The predicted molar refractivity (Wildman–Crippen MR) is 112 cm³/mol. The molecule has 6 nitrogen and oxygen atoms in total. The van der Waals surface area contributed by atoms with Crippen LogP contribution < -0.4 is 20.5 Å². The first kappa shape index (κ1) is 19.7. The van der Waals surface area contributed by atoms with Crippen LogP contribution in [0.4, 0.5) is 16.0 Å². The maximum Gasteiger partial charge on any atom is 0.227 e. The Morgan fingerprint density at radius 3 is 2.66 bits per heavy atom. The third kappa shape index (κ3) is 4.52. The van der Waals surface area contributed by atoms with Crippen molar-refractivity contribution in [1.82, 2.24) is 9.97 Å². The number of nitrogens with two attached hydrogens (primary N) is 1. The molecule has 1 fully saturated rings. The Bertz CT molecular complexity index is 1020. The van der Waals surface area contributed by atoms with Crippen molar-refractivity contribution in [3.05, 3.63) is 47.4 Å². The molecule has 0 aliphatic heterocycles. The van der Waals surface area contributed by atoms with Gasteiger partial charge in [-0.25, -0.2) is 14.4 Å². The van der Waals surface area contributed by atoms with E-state index in [0.29, 0.717) is 28.7 Å².